The molecule has 8 heteroatoms. The largest absolute Gasteiger partial charge is 0.494 e. The van der Waals surface area contributed by atoms with E-state index in [0.717, 1.165) is 12.2 Å². The van der Waals surface area contributed by atoms with Gasteiger partial charge < -0.3 is 15.0 Å². The zero-order valence-electron chi connectivity index (χ0n) is 15.3. The highest BCUT2D eigenvalue weighted by molar-refractivity contribution is 7.99. The van der Waals surface area contributed by atoms with Gasteiger partial charge in [0.25, 0.3) is 5.56 Å². The van der Waals surface area contributed by atoms with Gasteiger partial charge in [-0.1, -0.05) is 18.7 Å². The van der Waals surface area contributed by atoms with Crippen molar-refractivity contribution in [3.8, 4) is 11.4 Å². The van der Waals surface area contributed by atoms with Crippen LogP contribution in [0.25, 0.3) is 16.7 Å². The molecule has 142 valence electrons. The van der Waals surface area contributed by atoms with Crippen molar-refractivity contribution in [2.75, 3.05) is 18.9 Å². The zero-order valence-corrected chi connectivity index (χ0v) is 16.1. The molecule has 2 N–H and O–H groups in total. The molecule has 0 bridgehead atoms. The number of amides is 1. The summed E-state index contributed by atoms with van der Waals surface area (Å²) in [6.45, 7) is 5.12. The Labute approximate surface area is 161 Å². The van der Waals surface area contributed by atoms with Gasteiger partial charge in [-0.2, -0.15) is 0 Å². The van der Waals surface area contributed by atoms with Crippen LogP contribution in [0.1, 0.15) is 20.3 Å². The number of hydrogen-bond donors (Lipinski definition) is 2. The minimum absolute atomic E-state index is 0.0801. The summed E-state index contributed by atoms with van der Waals surface area (Å²) in [7, 11) is 0. The van der Waals surface area contributed by atoms with Crippen LogP contribution in [-0.2, 0) is 4.79 Å². The number of aromatic nitrogens is 3. The fourth-order valence-electron chi connectivity index (χ4n) is 2.61. The van der Waals surface area contributed by atoms with Gasteiger partial charge >= 0.3 is 0 Å². The summed E-state index contributed by atoms with van der Waals surface area (Å²) in [6, 6.07) is 8.99. The van der Waals surface area contributed by atoms with Gasteiger partial charge in [0.15, 0.2) is 5.16 Å². The van der Waals surface area contributed by atoms with Crippen LogP contribution in [0, 0.1) is 0 Å². The number of nitrogens with one attached hydrogen (secondary N) is 2. The average molecular weight is 386 g/mol. The zero-order chi connectivity index (χ0) is 19.2. The van der Waals surface area contributed by atoms with Gasteiger partial charge in [-0.25, -0.2) is 4.98 Å². The van der Waals surface area contributed by atoms with Crippen LogP contribution < -0.4 is 15.6 Å². The molecular weight excluding hydrogens is 364 g/mol. The maximum Gasteiger partial charge on any atom is 0.283 e. The van der Waals surface area contributed by atoms with Crippen molar-refractivity contribution in [3.63, 3.8) is 0 Å². The number of rotatable bonds is 8. The maximum atomic E-state index is 13.0. The number of aromatic amines is 1. The van der Waals surface area contributed by atoms with Crippen LogP contribution in [0.2, 0.25) is 0 Å². The fraction of sp³-hybridized carbons (Fsp3) is 0.316. The van der Waals surface area contributed by atoms with Crippen molar-refractivity contribution >= 4 is 28.7 Å². The number of carbonyl (C=O) groups is 1. The van der Waals surface area contributed by atoms with Crippen LogP contribution in [0.4, 0.5) is 0 Å². The second-order valence-electron chi connectivity index (χ2n) is 5.84. The summed E-state index contributed by atoms with van der Waals surface area (Å²) in [4.78, 5) is 32.5. The molecule has 2 heterocycles. The standard InChI is InChI=1S/C19H22N4O3S/c1-3-10-20-16(24)12-27-19-22-15-9-11-21-17(15)18(25)23(19)13-5-7-14(8-6-13)26-4-2/h5-9,11,21H,3-4,10,12H2,1-2H3,(H,20,24). The van der Waals surface area contributed by atoms with E-state index in [-0.39, 0.29) is 17.2 Å². The van der Waals surface area contributed by atoms with Gasteiger partial charge in [-0.05, 0) is 43.7 Å². The third-order valence-electron chi connectivity index (χ3n) is 3.86. The van der Waals surface area contributed by atoms with Gasteiger partial charge in [0, 0.05) is 12.7 Å². The maximum absolute atomic E-state index is 13.0. The Bertz CT molecular complexity index is 979. The number of nitrogens with zero attached hydrogens (tertiary/aromatic N) is 2. The third kappa shape index (κ3) is 4.33. The second-order valence-corrected chi connectivity index (χ2v) is 6.78. The fourth-order valence-corrected chi connectivity index (χ4v) is 3.45. The molecule has 1 aromatic carbocycles. The van der Waals surface area contributed by atoms with E-state index in [9.17, 15) is 9.59 Å². The van der Waals surface area contributed by atoms with Crippen molar-refractivity contribution in [1.29, 1.82) is 0 Å². The van der Waals surface area contributed by atoms with Crippen LogP contribution in [0.5, 0.6) is 5.75 Å². The number of thioether (sulfide) groups is 1. The first-order chi connectivity index (χ1) is 13.1. The van der Waals surface area contributed by atoms with Crippen LogP contribution in [0.3, 0.4) is 0 Å². The first kappa shape index (κ1) is 19.0. The number of fused-ring (bicyclic) bond motifs is 1. The highest BCUT2D eigenvalue weighted by Crippen LogP contribution is 2.22. The van der Waals surface area contributed by atoms with Crippen molar-refractivity contribution < 1.29 is 9.53 Å². The number of ether oxygens (including phenoxy) is 1. The molecule has 3 rings (SSSR count). The molecule has 0 fully saturated rings. The third-order valence-corrected chi connectivity index (χ3v) is 4.80. The Morgan fingerprint density at radius 3 is 2.74 bits per heavy atom. The first-order valence-electron chi connectivity index (χ1n) is 8.87. The smallest absolute Gasteiger partial charge is 0.283 e. The molecular formula is C19H22N4O3S. The van der Waals surface area contributed by atoms with Crippen LogP contribution >= 0.6 is 11.8 Å². The molecule has 0 spiro atoms. The predicted molar refractivity (Wildman–Crippen MR) is 107 cm³/mol. The molecule has 0 aliphatic heterocycles. The normalized spacial score (nSPS) is 10.9. The lowest BCUT2D eigenvalue weighted by molar-refractivity contribution is -0.118. The minimum Gasteiger partial charge on any atom is -0.494 e. The van der Waals surface area contributed by atoms with Gasteiger partial charge in [0.05, 0.1) is 23.6 Å². The summed E-state index contributed by atoms with van der Waals surface area (Å²) >= 11 is 1.24. The molecule has 3 aromatic rings. The van der Waals surface area contributed by atoms with E-state index in [4.69, 9.17) is 4.74 Å². The van der Waals surface area contributed by atoms with Gasteiger partial charge in [0.1, 0.15) is 11.3 Å². The Morgan fingerprint density at radius 1 is 1.26 bits per heavy atom. The van der Waals surface area contributed by atoms with E-state index in [1.807, 2.05) is 38.1 Å². The quantitative estimate of drug-likeness (QED) is 0.459. The number of hydrogen-bond acceptors (Lipinski definition) is 5. The highest BCUT2D eigenvalue weighted by Gasteiger charge is 2.15. The summed E-state index contributed by atoms with van der Waals surface area (Å²) in [5, 5.41) is 3.31. The monoisotopic (exact) mass is 386 g/mol. The Kier molecular flexibility index (Phi) is 6.18. The van der Waals surface area contributed by atoms with Gasteiger partial charge in [0.2, 0.25) is 5.91 Å². The van der Waals surface area contributed by atoms with Crippen molar-refractivity contribution in [2.45, 2.75) is 25.4 Å². The summed E-state index contributed by atoms with van der Waals surface area (Å²) in [6.07, 6.45) is 2.56. The predicted octanol–water partition coefficient (Wildman–Crippen LogP) is 2.73. The second kappa shape index (κ2) is 8.77. The molecule has 0 atom stereocenters. The summed E-state index contributed by atoms with van der Waals surface area (Å²) in [5.41, 5.74) is 1.48. The van der Waals surface area contributed by atoms with Crippen molar-refractivity contribution in [3.05, 3.63) is 46.9 Å². The van der Waals surface area contributed by atoms with E-state index in [0.29, 0.717) is 35.0 Å². The lowest BCUT2D eigenvalue weighted by Gasteiger charge is -2.13. The molecule has 1 amide bonds. The molecule has 7 nitrogen and oxygen atoms in total. The lowest BCUT2D eigenvalue weighted by Crippen LogP contribution is -2.27. The van der Waals surface area contributed by atoms with E-state index in [1.54, 1.807) is 12.3 Å². The van der Waals surface area contributed by atoms with E-state index in [2.05, 4.69) is 15.3 Å². The lowest BCUT2D eigenvalue weighted by atomic mass is 10.3. The van der Waals surface area contributed by atoms with E-state index >= 15 is 0 Å². The molecule has 0 radical (unpaired) electrons. The Balaban J connectivity index is 1.97. The van der Waals surface area contributed by atoms with Gasteiger partial charge in [-0.15, -0.1) is 0 Å². The minimum atomic E-state index is -0.203. The molecule has 0 saturated heterocycles. The van der Waals surface area contributed by atoms with E-state index in [1.165, 1.54) is 16.3 Å². The average Bonchev–Trinajstić information content (AvgIpc) is 3.15. The SMILES string of the molecule is CCCNC(=O)CSc1nc2cc[nH]c2c(=O)n1-c1ccc(OCC)cc1. The van der Waals surface area contributed by atoms with Crippen molar-refractivity contribution in [2.24, 2.45) is 0 Å². The summed E-state index contributed by atoms with van der Waals surface area (Å²) in [5.74, 6) is 0.847. The van der Waals surface area contributed by atoms with Crippen LogP contribution in [-0.4, -0.2) is 39.3 Å². The number of benzene rings is 1. The van der Waals surface area contributed by atoms with E-state index < -0.39 is 0 Å². The first-order valence-corrected chi connectivity index (χ1v) is 9.85. The van der Waals surface area contributed by atoms with Crippen molar-refractivity contribution in [1.82, 2.24) is 19.9 Å². The molecule has 2 aromatic heterocycles. The molecule has 0 unspecified atom stereocenters. The molecule has 0 aliphatic rings. The van der Waals surface area contributed by atoms with Gasteiger partial charge in [-0.3, -0.25) is 14.2 Å². The molecule has 27 heavy (non-hydrogen) atoms. The summed E-state index contributed by atoms with van der Waals surface area (Å²) < 4.78 is 6.98. The topological polar surface area (TPSA) is 89.0 Å². The molecule has 0 aliphatic carbocycles. The Hall–Kier alpha value is -2.74. The molecule has 0 saturated carbocycles. The van der Waals surface area contributed by atoms with Crippen LogP contribution in [0.15, 0.2) is 46.5 Å². The number of H-pyrrole nitrogens is 1. The number of carbonyl (C=O) groups excluding carboxylic acids is 1. The Morgan fingerprint density at radius 2 is 2.04 bits per heavy atom. The highest BCUT2D eigenvalue weighted by atomic mass is 32.2.